The maximum atomic E-state index is 11.7. The average Bonchev–Trinajstić information content (AvgIpc) is 3.61. The Morgan fingerprint density at radius 2 is 1.77 bits per heavy atom. The molecule has 0 aliphatic heterocycles. The third-order valence-corrected chi connectivity index (χ3v) is 5.19. The normalized spacial score (nSPS) is 13.5. The van der Waals surface area contributed by atoms with Crippen molar-refractivity contribution in [2.24, 2.45) is 4.99 Å². The number of carbonyl (C=O) groups is 1. The number of amides is 1. The van der Waals surface area contributed by atoms with E-state index in [1.807, 2.05) is 24.3 Å². The molecule has 0 saturated heterocycles. The first-order chi connectivity index (χ1) is 15.2. The fraction of sp³-hybridized carbons (Fsp3) is 0.440. The molecule has 0 radical (unpaired) electrons. The van der Waals surface area contributed by atoms with Crippen molar-refractivity contribution < 1.29 is 9.53 Å². The summed E-state index contributed by atoms with van der Waals surface area (Å²) in [6, 6.07) is 16.7. The predicted octanol–water partition coefficient (Wildman–Crippen LogP) is 3.20. The van der Waals surface area contributed by atoms with Gasteiger partial charge in [-0.3, -0.25) is 4.79 Å². The Labute approximate surface area is 185 Å². The maximum absolute atomic E-state index is 11.7. The van der Waals surface area contributed by atoms with E-state index in [4.69, 9.17) is 9.73 Å². The van der Waals surface area contributed by atoms with Crippen LogP contribution in [0.1, 0.15) is 43.4 Å². The Bertz CT molecular complexity index is 860. The number of hydrogen-bond acceptors (Lipinski definition) is 3. The molecule has 0 bridgehead atoms. The molecule has 1 saturated carbocycles. The number of carbonyl (C=O) groups excluding carboxylic acids is 1. The zero-order valence-electron chi connectivity index (χ0n) is 18.6. The number of hydrogen-bond donors (Lipinski definition) is 3. The van der Waals surface area contributed by atoms with E-state index in [-0.39, 0.29) is 12.5 Å². The van der Waals surface area contributed by atoms with Crippen molar-refractivity contribution in [1.82, 2.24) is 16.0 Å². The van der Waals surface area contributed by atoms with Gasteiger partial charge in [0.1, 0.15) is 5.75 Å². The van der Waals surface area contributed by atoms with E-state index in [9.17, 15) is 4.79 Å². The van der Waals surface area contributed by atoms with Crippen molar-refractivity contribution in [3.63, 3.8) is 0 Å². The fourth-order valence-corrected chi connectivity index (χ4v) is 3.29. The number of nitrogens with one attached hydrogen (secondary N) is 3. The summed E-state index contributed by atoms with van der Waals surface area (Å²) in [4.78, 5) is 16.5. The van der Waals surface area contributed by atoms with Crippen LogP contribution in [0.2, 0.25) is 0 Å². The number of aliphatic imine (C=N–C) groups is 1. The maximum Gasteiger partial charge on any atom is 0.258 e. The minimum atomic E-state index is -0.0485. The van der Waals surface area contributed by atoms with Gasteiger partial charge in [-0.1, -0.05) is 43.3 Å². The monoisotopic (exact) mass is 422 g/mol. The average molecular weight is 423 g/mol. The van der Waals surface area contributed by atoms with Gasteiger partial charge in [0.05, 0.1) is 6.54 Å². The molecule has 2 aromatic rings. The molecule has 0 unspecified atom stereocenters. The Morgan fingerprint density at radius 3 is 2.45 bits per heavy atom. The summed E-state index contributed by atoms with van der Waals surface area (Å²) in [5.74, 6) is 1.50. The molecule has 0 heterocycles. The fourth-order valence-electron chi connectivity index (χ4n) is 3.29. The van der Waals surface area contributed by atoms with Crippen molar-refractivity contribution in [3.8, 4) is 5.75 Å². The molecule has 0 aromatic heterocycles. The molecule has 3 rings (SSSR count). The van der Waals surface area contributed by atoms with Crippen molar-refractivity contribution in [2.45, 2.75) is 52.1 Å². The summed E-state index contributed by atoms with van der Waals surface area (Å²) in [5.41, 5.74) is 3.81. The van der Waals surface area contributed by atoms with Crippen LogP contribution in [0.4, 0.5) is 0 Å². The van der Waals surface area contributed by atoms with E-state index in [2.05, 4.69) is 54.1 Å². The van der Waals surface area contributed by atoms with Gasteiger partial charge in [-0.15, -0.1) is 0 Å². The Morgan fingerprint density at radius 1 is 1.03 bits per heavy atom. The molecule has 1 aliphatic rings. The van der Waals surface area contributed by atoms with E-state index < -0.39 is 0 Å². The summed E-state index contributed by atoms with van der Waals surface area (Å²) in [6.45, 7) is 6.58. The van der Waals surface area contributed by atoms with Gasteiger partial charge in [-0.2, -0.15) is 0 Å². The van der Waals surface area contributed by atoms with Crippen molar-refractivity contribution in [2.75, 3.05) is 19.7 Å². The van der Waals surface area contributed by atoms with Gasteiger partial charge in [0.15, 0.2) is 12.6 Å². The number of rotatable bonds is 11. The van der Waals surface area contributed by atoms with Gasteiger partial charge >= 0.3 is 0 Å². The Balaban J connectivity index is 1.43. The van der Waals surface area contributed by atoms with Gasteiger partial charge in [-0.05, 0) is 61.4 Å². The van der Waals surface area contributed by atoms with Crippen LogP contribution >= 0.6 is 0 Å². The third kappa shape index (κ3) is 7.96. The van der Waals surface area contributed by atoms with Crippen molar-refractivity contribution in [1.29, 1.82) is 0 Å². The molecule has 0 spiro atoms. The Hall–Kier alpha value is -3.02. The van der Waals surface area contributed by atoms with E-state index >= 15 is 0 Å². The minimum Gasteiger partial charge on any atom is -0.484 e. The summed E-state index contributed by atoms with van der Waals surface area (Å²) >= 11 is 0. The van der Waals surface area contributed by atoms with Crippen LogP contribution in [0.5, 0.6) is 5.75 Å². The van der Waals surface area contributed by atoms with Gasteiger partial charge in [0.2, 0.25) is 0 Å². The SMILES string of the molecule is CCNC(=NCc1ccccc1CC)NCCc1ccc(OCC(=O)NC2CC2)cc1. The lowest BCUT2D eigenvalue weighted by molar-refractivity contribution is -0.123. The molecule has 3 N–H and O–H groups in total. The number of nitrogens with zero attached hydrogens (tertiary/aromatic N) is 1. The van der Waals surface area contributed by atoms with Crippen molar-refractivity contribution >= 4 is 11.9 Å². The number of ether oxygens (including phenoxy) is 1. The van der Waals surface area contributed by atoms with Crippen LogP contribution in [0.15, 0.2) is 53.5 Å². The highest BCUT2D eigenvalue weighted by atomic mass is 16.5. The van der Waals surface area contributed by atoms with Crippen LogP contribution in [0.3, 0.4) is 0 Å². The van der Waals surface area contributed by atoms with Gasteiger partial charge in [-0.25, -0.2) is 4.99 Å². The second kappa shape index (κ2) is 12.0. The zero-order valence-corrected chi connectivity index (χ0v) is 18.6. The predicted molar refractivity (Wildman–Crippen MR) is 125 cm³/mol. The van der Waals surface area contributed by atoms with Crippen LogP contribution < -0.4 is 20.7 Å². The van der Waals surface area contributed by atoms with Crippen molar-refractivity contribution in [3.05, 3.63) is 65.2 Å². The highest BCUT2D eigenvalue weighted by molar-refractivity contribution is 5.79. The zero-order chi connectivity index (χ0) is 21.9. The second-order valence-electron chi connectivity index (χ2n) is 7.77. The topological polar surface area (TPSA) is 74.8 Å². The minimum absolute atomic E-state index is 0.0485. The van der Waals surface area contributed by atoms with Crippen LogP contribution in [-0.2, 0) is 24.2 Å². The summed E-state index contributed by atoms with van der Waals surface area (Å²) in [6.07, 6.45) is 4.06. The second-order valence-corrected chi connectivity index (χ2v) is 7.77. The molecule has 0 atom stereocenters. The Kier molecular flexibility index (Phi) is 8.76. The summed E-state index contributed by atoms with van der Waals surface area (Å²) in [5, 5.41) is 9.64. The van der Waals surface area contributed by atoms with E-state index in [0.29, 0.717) is 18.3 Å². The molecule has 166 valence electrons. The molecule has 1 aliphatic carbocycles. The number of guanidine groups is 1. The first-order valence-electron chi connectivity index (χ1n) is 11.3. The third-order valence-electron chi connectivity index (χ3n) is 5.19. The largest absolute Gasteiger partial charge is 0.484 e. The van der Waals surface area contributed by atoms with E-state index in [0.717, 1.165) is 44.7 Å². The molecule has 6 heteroatoms. The first-order valence-corrected chi connectivity index (χ1v) is 11.3. The van der Waals surface area contributed by atoms with E-state index in [1.165, 1.54) is 16.7 Å². The molecule has 1 fully saturated rings. The van der Waals surface area contributed by atoms with Gasteiger partial charge < -0.3 is 20.7 Å². The molecule has 1 amide bonds. The first kappa shape index (κ1) is 22.7. The molecule has 2 aromatic carbocycles. The van der Waals surface area contributed by atoms with Gasteiger partial charge in [0, 0.05) is 19.1 Å². The molecular formula is C25H34N4O2. The lowest BCUT2D eigenvalue weighted by Crippen LogP contribution is -2.38. The molecule has 6 nitrogen and oxygen atoms in total. The highest BCUT2D eigenvalue weighted by Crippen LogP contribution is 2.18. The lowest BCUT2D eigenvalue weighted by atomic mass is 10.1. The van der Waals surface area contributed by atoms with Gasteiger partial charge in [0.25, 0.3) is 5.91 Å². The molecular weight excluding hydrogens is 388 g/mol. The van der Waals surface area contributed by atoms with Crippen LogP contribution in [0.25, 0.3) is 0 Å². The smallest absolute Gasteiger partial charge is 0.258 e. The molecule has 31 heavy (non-hydrogen) atoms. The van der Waals surface area contributed by atoms with Crippen LogP contribution in [0, 0.1) is 0 Å². The standard InChI is InChI=1S/C25H34N4O2/c1-3-20-7-5-6-8-21(20)17-28-25(26-4-2)27-16-15-19-9-13-23(14-10-19)31-18-24(30)29-22-11-12-22/h5-10,13-14,22H,3-4,11-12,15-18H2,1-2H3,(H,29,30)(H2,26,27,28). The number of benzene rings is 2. The summed E-state index contributed by atoms with van der Waals surface area (Å²) < 4.78 is 5.56. The van der Waals surface area contributed by atoms with E-state index in [1.54, 1.807) is 0 Å². The lowest BCUT2D eigenvalue weighted by Gasteiger charge is -2.12. The summed E-state index contributed by atoms with van der Waals surface area (Å²) in [7, 11) is 0. The van der Waals surface area contributed by atoms with Crippen LogP contribution in [-0.4, -0.2) is 37.6 Å². The number of aryl methyl sites for hydroxylation is 1. The quantitative estimate of drug-likeness (QED) is 0.384. The highest BCUT2D eigenvalue weighted by Gasteiger charge is 2.23.